The molecule has 6 heteroatoms. The molecule has 0 aliphatic rings. The van der Waals surface area contributed by atoms with Crippen molar-refractivity contribution in [3.05, 3.63) is 47.2 Å². The van der Waals surface area contributed by atoms with Crippen LogP contribution in [-0.4, -0.2) is 32.6 Å². The third kappa shape index (κ3) is 2.50. The third-order valence-corrected chi connectivity index (χ3v) is 4.18. The molecule has 3 aromatic rings. The molecule has 0 fully saturated rings. The minimum Gasteiger partial charge on any atom is -0.467 e. The number of aromatic nitrogens is 3. The average molecular weight is 312 g/mol. The Morgan fingerprint density at radius 3 is 2.78 bits per heavy atom. The molecule has 6 nitrogen and oxygen atoms in total. The van der Waals surface area contributed by atoms with E-state index < -0.39 is 0 Å². The summed E-state index contributed by atoms with van der Waals surface area (Å²) >= 11 is 0. The number of carbonyl (C=O) groups excluding carboxylic acids is 1. The highest BCUT2D eigenvalue weighted by molar-refractivity contribution is 6.06. The second-order valence-corrected chi connectivity index (χ2v) is 5.83. The molecular weight excluding hydrogens is 292 g/mol. The molecule has 3 heterocycles. The number of carbonyl (C=O) groups is 1. The molecule has 1 unspecified atom stereocenters. The highest BCUT2D eigenvalue weighted by Gasteiger charge is 2.24. The Balaban J connectivity index is 2.07. The Labute approximate surface area is 134 Å². The maximum absolute atomic E-state index is 13.0. The molecule has 1 amide bonds. The number of amides is 1. The van der Waals surface area contributed by atoms with Gasteiger partial charge in [0, 0.05) is 19.8 Å². The minimum absolute atomic E-state index is 0.0690. The standard InChI is InChI=1S/C17H20N4O2/c1-10-9-13(15-11(2)19-21(5)16(15)18-10)17(22)20(4)12(3)14-7-6-8-23-14/h6-9,12H,1-5H3. The number of nitrogens with zero attached hydrogens (tertiary/aromatic N) is 4. The number of hydrogen-bond donors (Lipinski definition) is 0. The van der Waals surface area contributed by atoms with Crippen molar-refractivity contribution in [3.63, 3.8) is 0 Å². The van der Waals surface area contributed by atoms with E-state index in [0.29, 0.717) is 5.56 Å². The maximum atomic E-state index is 13.0. The summed E-state index contributed by atoms with van der Waals surface area (Å²) in [6.45, 7) is 5.72. The van der Waals surface area contributed by atoms with E-state index in [4.69, 9.17) is 4.42 Å². The summed E-state index contributed by atoms with van der Waals surface area (Å²) in [5.74, 6) is 0.686. The first kappa shape index (κ1) is 15.3. The van der Waals surface area contributed by atoms with Crippen LogP contribution < -0.4 is 0 Å². The van der Waals surface area contributed by atoms with E-state index in [0.717, 1.165) is 28.2 Å². The van der Waals surface area contributed by atoms with Crippen molar-refractivity contribution in [1.82, 2.24) is 19.7 Å². The normalized spacial score (nSPS) is 12.6. The summed E-state index contributed by atoms with van der Waals surface area (Å²) in [6.07, 6.45) is 1.62. The number of pyridine rings is 1. The summed E-state index contributed by atoms with van der Waals surface area (Å²) < 4.78 is 7.13. The summed E-state index contributed by atoms with van der Waals surface area (Å²) in [4.78, 5) is 19.2. The predicted octanol–water partition coefficient (Wildman–Crippen LogP) is 3.01. The van der Waals surface area contributed by atoms with Crippen LogP contribution in [0.25, 0.3) is 11.0 Å². The lowest BCUT2D eigenvalue weighted by Gasteiger charge is -2.23. The summed E-state index contributed by atoms with van der Waals surface area (Å²) in [5, 5.41) is 5.20. The average Bonchev–Trinajstić information content (AvgIpc) is 3.14. The van der Waals surface area contributed by atoms with Gasteiger partial charge in [-0.25, -0.2) is 4.98 Å². The van der Waals surface area contributed by atoms with Crippen LogP contribution in [0, 0.1) is 13.8 Å². The number of rotatable bonds is 3. The molecule has 0 saturated carbocycles. The summed E-state index contributed by atoms with van der Waals surface area (Å²) in [7, 11) is 3.62. The Kier molecular flexibility index (Phi) is 3.67. The van der Waals surface area contributed by atoms with E-state index in [9.17, 15) is 4.79 Å². The predicted molar refractivity (Wildman–Crippen MR) is 87.2 cm³/mol. The van der Waals surface area contributed by atoms with Crippen LogP contribution in [-0.2, 0) is 7.05 Å². The maximum Gasteiger partial charge on any atom is 0.255 e. The van der Waals surface area contributed by atoms with Gasteiger partial charge in [0.25, 0.3) is 5.91 Å². The molecule has 0 radical (unpaired) electrons. The van der Waals surface area contributed by atoms with Gasteiger partial charge in [-0.3, -0.25) is 9.48 Å². The van der Waals surface area contributed by atoms with Gasteiger partial charge in [-0.1, -0.05) is 0 Å². The van der Waals surface area contributed by atoms with Crippen molar-refractivity contribution < 1.29 is 9.21 Å². The first-order chi connectivity index (χ1) is 10.9. The van der Waals surface area contributed by atoms with Gasteiger partial charge in [-0.05, 0) is 39.0 Å². The first-order valence-electron chi connectivity index (χ1n) is 7.51. The van der Waals surface area contributed by atoms with Crippen LogP contribution in [0.5, 0.6) is 0 Å². The van der Waals surface area contributed by atoms with E-state index in [-0.39, 0.29) is 11.9 Å². The van der Waals surface area contributed by atoms with E-state index in [1.165, 1.54) is 0 Å². The van der Waals surface area contributed by atoms with E-state index >= 15 is 0 Å². The Morgan fingerprint density at radius 2 is 2.13 bits per heavy atom. The topological polar surface area (TPSA) is 64.2 Å². The summed E-state index contributed by atoms with van der Waals surface area (Å²) in [6, 6.07) is 5.37. The highest BCUT2D eigenvalue weighted by Crippen LogP contribution is 2.26. The van der Waals surface area contributed by atoms with Gasteiger partial charge in [0.05, 0.1) is 28.9 Å². The molecule has 120 valence electrons. The van der Waals surface area contributed by atoms with Crippen LogP contribution in [0.15, 0.2) is 28.9 Å². The summed E-state index contributed by atoms with van der Waals surface area (Å²) in [5.41, 5.74) is 2.95. The second-order valence-electron chi connectivity index (χ2n) is 5.83. The van der Waals surface area contributed by atoms with Crippen molar-refractivity contribution in [2.75, 3.05) is 7.05 Å². The van der Waals surface area contributed by atoms with Crippen molar-refractivity contribution in [2.45, 2.75) is 26.8 Å². The number of aryl methyl sites for hydroxylation is 3. The minimum atomic E-state index is -0.155. The molecule has 0 aliphatic carbocycles. The van der Waals surface area contributed by atoms with Crippen molar-refractivity contribution in [3.8, 4) is 0 Å². The molecule has 0 N–H and O–H groups in total. The van der Waals surface area contributed by atoms with Crippen LogP contribution >= 0.6 is 0 Å². The highest BCUT2D eigenvalue weighted by atomic mass is 16.3. The molecule has 0 saturated heterocycles. The van der Waals surface area contributed by atoms with E-state index in [1.54, 1.807) is 22.9 Å². The van der Waals surface area contributed by atoms with Gasteiger partial charge < -0.3 is 9.32 Å². The molecule has 1 atom stereocenters. The Morgan fingerprint density at radius 1 is 1.39 bits per heavy atom. The fraction of sp³-hybridized carbons (Fsp3) is 0.353. The second kappa shape index (κ2) is 5.53. The zero-order chi connectivity index (χ0) is 16.7. The fourth-order valence-electron chi connectivity index (χ4n) is 2.82. The van der Waals surface area contributed by atoms with Crippen molar-refractivity contribution in [2.24, 2.45) is 7.05 Å². The van der Waals surface area contributed by atoms with Gasteiger partial charge in [-0.2, -0.15) is 5.10 Å². The molecule has 0 bridgehead atoms. The molecule has 3 aromatic heterocycles. The first-order valence-corrected chi connectivity index (χ1v) is 7.51. The van der Waals surface area contributed by atoms with Crippen molar-refractivity contribution in [1.29, 1.82) is 0 Å². The van der Waals surface area contributed by atoms with Gasteiger partial charge in [0.1, 0.15) is 5.76 Å². The van der Waals surface area contributed by atoms with Crippen LogP contribution in [0.3, 0.4) is 0 Å². The Hall–Kier alpha value is -2.63. The van der Waals surface area contributed by atoms with Gasteiger partial charge in [-0.15, -0.1) is 0 Å². The lowest BCUT2D eigenvalue weighted by molar-refractivity contribution is 0.0728. The molecule has 3 rings (SSSR count). The Bertz CT molecular complexity index is 864. The van der Waals surface area contributed by atoms with Crippen molar-refractivity contribution >= 4 is 16.9 Å². The third-order valence-electron chi connectivity index (χ3n) is 4.18. The van der Waals surface area contributed by atoms with Gasteiger partial charge in [0.15, 0.2) is 5.65 Å². The SMILES string of the molecule is Cc1cc(C(=O)N(C)C(C)c2ccco2)c2c(C)nn(C)c2n1. The van der Waals surface area contributed by atoms with Crippen LogP contribution in [0.4, 0.5) is 0 Å². The van der Waals surface area contributed by atoms with Gasteiger partial charge >= 0.3 is 0 Å². The van der Waals surface area contributed by atoms with E-state index in [2.05, 4.69) is 10.1 Å². The fourth-order valence-corrected chi connectivity index (χ4v) is 2.82. The zero-order valence-corrected chi connectivity index (χ0v) is 14.0. The van der Waals surface area contributed by atoms with E-state index in [1.807, 2.05) is 46.0 Å². The number of hydrogen-bond acceptors (Lipinski definition) is 4. The molecular formula is C17H20N4O2. The molecule has 0 aromatic carbocycles. The van der Waals surface area contributed by atoms with Gasteiger partial charge in [0.2, 0.25) is 0 Å². The largest absolute Gasteiger partial charge is 0.467 e. The van der Waals surface area contributed by atoms with Crippen LogP contribution in [0.1, 0.15) is 40.5 Å². The van der Waals surface area contributed by atoms with Crippen LogP contribution in [0.2, 0.25) is 0 Å². The number of fused-ring (bicyclic) bond motifs is 1. The molecule has 23 heavy (non-hydrogen) atoms. The smallest absolute Gasteiger partial charge is 0.255 e. The monoisotopic (exact) mass is 312 g/mol. The molecule has 0 aliphatic heterocycles. The lowest BCUT2D eigenvalue weighted by Crippen LogP contribution is -2.29. The zero-order valence-electron chi connectivity index (χ0n) is 14.0. The quantitative estimate of drug-likeness (QED) is 0.746. The molecule has 0 spiro atoms. The number of furan rings is 1. The lowest BCUT2D eigenvalue weighted by atomic mass is 10.1.